The molecule has 4 aromatic rings. The van der Waals surface area contributed by atoms with Gasteiger partial charge < -0.3 is 4.57 Å². The van der Waals surface area contributed by atoms with Gasteiger partial charge in [0.25, 0.3) is 10.1 Å². The van der Waals surface area contributed by atoms with Gasteiger partial charge in [0.2, 0.25) is 0 Å². The maximum atomic E-state index is 13.1. The van der Waals surface area contributed by atoms with Gasteiger partial charge in [-0.25, -0.2) is 0 Å². The maximum absolute atomic E-state index is 13.1. The first-order valence-corrected chi connectivity index (χ1v) is 13.8. The molecule has 0 fully saturated rings. The molecule has 0 bridgehead atoms. The van der Waals surface area contributed by atoms with E-state index in [0.717, 1.165) is 36.3 Å². The zero-order valence-electron chi connectivity index (χ0n) is 20.7. The Balaban J connectivity index is 1.49. The van der Waals surface area contributed by atoms with E-state index < -0.39 is 10.1 Å². The molecular formula is C30H32N2O3S. The fourth-order valence-corrected chi connectivity index (χ4v) is 6.14. The second kappa shape index (κ2) is 10.4. The first kappa shape index (κ1) is 24.5. The van der Waals surface area contributed by atoms with Crippen LogP contribution >= 0.6 is 0 Å². The van der Waals surface area contributed by atoms with Crippen molar-refractivity contribution in [3.8, 4) is 0 Å². The smallest absolute Gasteiger partial charge is 0.296 e. The standard InChI is InChI=1S/C30H32N2O3S/c1-23-14-16-26(17-15-23)36(33,34)35-22-28-27-12-7-6-11-25(27)21-32(20-18-24-9-4-3-5-10-24)30(28)29-13-8-19-31(29)2/h3-17,19,28,30H,18,20-22H2,1-2H3/t28-,30-/m0/s1. The molecule has 5 rings (SSSR count). The Hall–Kier alpha value is -3.19. The molecule has 0 radical (unpaired) electrons. The fourth-order valence-electron chi connectivity index (χ4n) is 5.21. The third-order valence-electron chi connectivity index (χ3n) is 7.13. The van der Waals surface area contributed by atoms with Crippen molar-refractivity contribution < 1.29 is 12.6 Å². The van der Waals surface area contributed by atoms with Crippen LogP contribution in [0.25, 0.3) is 0 Å². The number of rotatable bonds is 8. The Morgan fingerprint density at radius 3 is 2.33 bits per heavy atom. The average molecular weight is 501 g/mol. The highest BCUT2D eigenvalue weighted by Gasteiger charge is 2.38. The molecule has 0 spiro atoms. The van der Waals surface area contributed by atoms with E-state index in [4.69, 9.17) is 4.18 Å². The normalized spacial score (nSPS) is 18.2. The summed E-state index contributed by atoms with van der Waals surface area (Å²) < 4.78 is 34.1. The van der Waals surface area contributed by atoms with E-state index in [1.54, 1.807) is 24.3 Å². The van der Waals surface area contributed by atoms with E-state index in [1.165, 1.54) is 11.1 Å². The minimum absolute atomic E-state index is 0.0168. The van der Waals surface area contributed by atoms with E-state index >= 15 is 0 Å². The van der Waals surface area contributed by atoms with Crippen LogP contribution in [0.4, 0.5) is 0 Å². The van der Waals surface area contributed by atoms with Gasteiger partial charge in [0, 0.05) is 37.9 Å². The Kier molecular flexibility index (Phi) is 7.10. The summed E-state index contributed by atoms with van der Waals surface area (Å²) in [4.78, 5) is 2.66. The topological polar surface area (TPSA) is 51.5 Å². The monoisotopic (exact) mass is 500 g/mol. The highest BCUT2D eigenvalue weighted by atomic mass is 32.2. The van der Waals surface area contributed by atoms with Crippen LogP contribution in [-0.2, 0) is 34.3 Å². The summed E-state index contributed by atoms with van der Waals surface area (Å²) in [5, 5.41) is 0. The maximum Gasteiger partial charge on any atom is 0.296 e. The molecule has 186 valence electrons. The second-order valence-electron chi connectivity index (χ2n) is 9.55. The van der Waals surface area contributed by atoms with Gasteiger partial charge >= 0.3 is 0 Å². The van der Waals surface area contributed by atoms with E-state index in [1.807, 2.05) is 38.4 Å². The minimum Gasteiger partial charge on any atom is -0.353 e. The summed E-state index contributed by atoms with van der Waals surface area (Å²) >= 11 is 0. The quantitative estimate of drug-likeness (QED) is 0.295. The molecule has 2 heterocycles. The van der Waals surface area contributed by atoms with Crippen LogP contribution in [0, 0.1) is 6.92 Å². The molecule has 1 aliphatic heterocycles. The van der Waals surface area contributed by atoms with Crippen LogP contribution in [0.5, 0.6) is 0 Å². The molecule has 0 saturated heterocycles. The van der Waals surface area contributed by atoms with Crippen LogP contribution in [0.1, 0.15) is 39.9 Å². The van der Waals surface area contributed by atoms with Crippen molar-refractivity contribution in [1.82, 2.24) is 9.47 Å². The van der Waals surface area contributed by atoms with Gasteiger partial charge in [-0.2, -0.15) is 8.42 Å². The molecule has 1 aromatic heterocycles. The molecule has 0 unspecified atom stereocenters. The molecule has 0 N–H and O–H groups in total. The van der Waals surface area contributed by atoms with Crippen molar-refractivity contribution in [2.75, 3.05) is 13.2 Å². The third kappa shape index (κ3) is 5.16. The number of aryl methyl sites for hydroxylation is 2. The van der Waals surface area contributed by atoms with Crippen molar-refractivity contribution in [2.45, 2.75) is 36.7 Å². The van der Waals surface area contributed by atoms with Crippen LogP contribution in [0.3, 0.4) is 0 Å². The Bertz CT molecular complexity index is 1410. The van der Waals surface area contributed by atoms with Gasteiger partial charge in [-0.3, -0.25) is 9.08 Å². The molecule has 0 aliphatic carbocycles. The van der Waals surface area contributed by atoms with E-state index in [9.17, 15) is 8.42 Å². The minimum atomic E-state index is -3.88. The average Bonchev–Trinajstić information content (AvgIpc) is 3.31. The zero-order chi connectivity index (χ0) is 25.1. The number of fused-ring (bicyclic) bond motifs is 1. The van der Waals surface area contributed by atoms with Crippen LogP contribution in [0.2, 0.25) is 0 Å². The summed E-state index contributed by atoms with van der Waals surface area (Å²) in [5.74, 6) is -0.139. The summed E-state index contributed by atoms with van der Waals surface area (Å²) in [6, 6.07) is 29.8. The predicted octanol–water partition coefficient (Wildman–Crippen LogP) is 5.62. The van der Waals surface area contributed by atoms with Crippen molar-refractivity contribution >= 4 is 10.1 Å². The molecule has 1 aliphatic rings. The zero-order valence-corrected chi connectivity index (χ0v) is 21.6. The number of nitrogens with zero attached hydrogens (tertiary/aromatic N) is 2. The molecule has 36 heavy (non-hydrogen) atoms. The molecule has 0 saturated carbocycles. The molecule has 6 heteroatoms. The lowest BCUT2D eigenvalue weighted by molar-refractivity contribution is 0.115. The summed E-state index contributed by atoms with van der Waals surface area (Å²) in [5.41, 5.74) is 5.82. The van der Waals surface area contributed by atoms with Crippen LogP contribution in [-0.4, -0.2) is 31.0 Å². The van der Waals surface area contributed by atoms with Gasteiger partial charge in [0.05, 0.1) is 17.5 Å². The Labute approximate surface area is 214 Å². The van der Waals surface area contributed by atoms with Gasteiger partial charge in [-0.1, -0.05) is 72.3 Å². The van der Waals surface area contributed by atoms with Gasteiger partial charge in [0.15, 0.2) is 0 Å². The second-order valence-corrected chi connectivity index (χ2v) is 11.2. The van der Waals surface area contributed by atoms with Gasteiger partial charge in [0.1, 0.15) is 0 Å². The highest BCUT2D eigenvalue weighted by molar-refractivity contribution is 7.86. The number of benzene rings is 3. The number of aromatic nitrogens is 1. The van der Waals surface area contributed by atoms with Crippen molar-refractivity contribution in [3.05, 3.63) is 125 Å². The summed E-state index contributed by atoms with van der Waals surface area (Å²) in [7, 11) is -1.83. The molecule has 3 aromatic carbocycles. The SMILES string of the molecule is Cc1ccc(S(=O)(=O)OC[C@H]2c3ccccc3CN(CCc3ccccc3)[C@@H]2c2cccn2C)cc1. The lowest BCUT2D eigenvalue weighted by atomic mass is 9.82. The first-order valence-electron chi connectivity index (χ1n) is 12.4. The lowest BCUT2D eigenvalue weighted by Crippen LogP contribution is -2.41. The summed E-state index contributed by atoms with van der Waals surface area (Å²) in [6.07, 6.45) is 2.96. The van der Waals surface area contributed by atoms with Crippen molar-refractivity contribution in [1.29, 1.82) is 0 Å². The highest BCUT2D eigenvalue weighted by Crippen LogP contribution is 2.43. The fraction of sp³-hybridized carbons (Fsp3) is 0.267. The molecule has 0 amide bonds. The van der Waals surface area contributed by atoms with Crippen LogP contribution < -0.4 is 0 Å². The molecule has 2 atom stereocenters. The predicted molar refractivity (Wildman–Crippen MR) is 142 cm³/mol. The van der Waals surface area contributed by atoms with Gasteiger partial charge in [-0.15, -0.1) is 0 Å². The first-order chi connectivity index (χ1) is 17.4. The van der Waals surface area contributed by atoms with Crippen LogP contribution in [0.15, 0.2) is 102 Å². The van der Waals surface area contributed by atoms with E-state index in [2.05, 4.69) is 58.0 Å². The Morgan fingerprint density at radius 2 is 1.61 bits per heavy atom. The largest absolute Gasteiger partial charge is 0.353 e. The summed E-state index contributed by atoms with van der Waals surface area (Å²) in [6.45, 7) is 3.67. The van der Waals surface area contributed by atoms with Crippen molar-refractivity contribution in [2.24, 2.45) is 7.05 Å². The van der Waals surface area contributed by atoms with E-state index in [0.29, 0.717) is 0 Å². The van der Waals surface area contributed by atoms with E-state index in [-0.39, 0.29) is 23.5 Å². The Morgan fingerprint density at radius 1 is 0.889 bits per heavy atom. The molecular weight excluding hydrogens is 468 g/mol. The molecule has 5 nitrogen and oxygen atoms in total. The number of hydrogen-bond acceptors (Lipinski definition) is 4. The number of hydrogen-bond donors (Lipinski definition) is 0. The van der Waals surface area contributed by atoms with Crippen molar-refractivity contribution in [3.63, 3.8) is 0 Å². The lowest BCUT2D eigenvalue weighted by Gasteiger charge is -2.42. The third-order valence-corrected chi connectivity index (χ3v) is 8.43. The van der Waals surface area contributed by atoms with Gasteiger partial charge in [-0.05, 0) is 54.3 Å².